The molecule has 0 bridgehead atoms. The highest BCUT2D eigenvalue weighted by atomic mass is 35.5. The van der Waals surface area contributed by atoms with E-state index in [0.29, 0.717) is 10.0 Å². The third-order valence-corrected chi connectivity index (χ3v) is 4.84. The molecule has 0 atom stereocenters. The van der Waals surface area contributed by atoms with E-state index in [1.807, 2.05) is 65.6 Å². The van der Waals surface area contributed by atoms with Gasteiger partial charge in [-0.05, 0) is 55.5 Å². The average Bonchev–Trinajstić information content (AvgIpc) is 3.13. The van der Waals surface area contributed by atoms with E-state index in [1.165, 1.54) is 5.56 Å². The zero-order valence-electron chi connectivity index (χ0n) is 15.2. The summed E-state index contributed by atoms with van der Waals surface area (Å²) < 4.78 is 1.84. The molecule has 0 aliphatic rings. The van der Waals surface area contributed by atoms with Gasteiger partial charge in [0.05, 0.1) is 11.4 Å². The van der Waals surface area contributed by atoms with Gasteiger partial charge in [-0.15, -0.1) is 0 Å². The minimum absolute atomic E-state index is 0.690. The number of aryl methyl sites for hydroxylation is 1. The molecule has 0 amide bonds. The van der Waals surface area contributed by atoms with Crippen molar-refractivity contribution in [3.63, 3.8) is 0 Å². The fourth-order valence-corrected chi connectivity index (χ4v) is 3.07. The van der Waals surface area contributed by atoms with Crippen molar-refractivity contribution in [2.45, 2.75) is 6.92 Å². The summed E-state index contributed by atoms with van der Waals surface area (Å²) in [5, 5.41) is 6.18. The quantitative estimate of drug-likeness (QED) is 0.339. The smallest absolute Gasteiger partial charge is 0.101 e. The normalized spacial score (nSPS) is 11.2. The Morgan fingerprint density at radius 1 is 0.821 bits per heavy atom. The van der Waals surface area contributed by atoms with Crippen molar-refractivity contribution < 1.29 is 0 Å². The van der Waals surface area contributed by atoms with Crippen molar-refractivity contribution in [2.24, 2.45) is 4.99 Å². The van der Waals surface area contributed by atoms with Gasteiger partial charge >= 0.3 is 0 Å². The highest BCUT2D eigenvalue weighted by molar-refractivity contribution is 6.30. The van der Waals surface area contributed by atoms with Crippen molar-refractivity contribution in [2.75, 3.05) is 0 Å². The summed E-state index contributed by atoms with van der Waals surface area (Å²) in [4.78, 5) is 4.58. The number of halogens is 2. The summed E-state index contributed by atoms with van der Waals surface area (Å²) in [6.45, 7) is 2.07. The number of hydrogen-bond acceptors (Lipinski definition) is 2. The minimum atomic E-state index is 0.690. The maximum Gasteiger partial charge on any atom is 0.101 e. The zero-order valence-corrected chi connectivity index (χ0v) is 16.7. The van der Waals surface area contributed by atoms with Gasteiger partial charge in [0.2, 0.25) is 0 Å². The van der Waals surface area contributed by atoms with Crippen LogP contribution in [0.2, 0.25) is 10.0 Å². The maximum atomic E-state index is 6.01. The molecule has 5 heteroatoms. The highest BCUT2D eigenvalue weighted by Crippen LogP contribution is 2.25. The van der Waals surface area contributed by atoms with E-state index in [9.17, 15) is 0 Å². The lowest BCUT2D eigenvalue weighted by Crippen LogP contribution is -1.94. The number of hydrogen-bond donors (Lipinski definition) is 0. The van der Waals surface area contributed by atoms with Gasteiger partial charge in [0.15, 0.2) is 0 Å². The Morgan fingerprint density at radius 2 is 1.43 bits per heavy atom. The molecule has 3 aromatic carbocycles. The van der Waals surface area contributed by atoms with Gasteiger partial charge in [-0.2, -0.15) is 5.10 Å². The Hall–Kier alpha value is -2.88. The van der Waals surface area contributed by atoms with E-state index in [2.05, 4.69) is 36.2 Å². The number of aliphatic imine (C=N–C) groups is 1. The molecule has 0 aliphatic carbocycles. The van der Waals surface area contributed by atoms with Gasteiger partial charge in [0.1, 0.15) is 5.69 Å². The summed E-state index contributed by atoms with van der Waals surface area (Å²) in [7, 11) is 0. The van der Waals surface area contributed by atoms with Crippen LogP contribution in [-0.2, 0) is 0 Å². The van der Waals surface area contributed by atoms with E-state index in [-0.39, 0.29) is 0 Å². The van der Waals surface area contributed by atoms with Gasteiger partial charge in [-0.1, -0.05) is 53.0 Å². The SMILES string of the molecule is Cc1ccc(-c2nn(-c3ccc(Cl)cc3)cc2C=Nc2ccc(Cl)cc2)cc1. The van der Waals surface area contributed by atoms with Crippen LogP contribution in [0.3, 0.4) is 0 Å². The number of rotatable bonds is 4. The standard InChI is InChI=1S/C23H17Cl2N3/c1-16-2-4-17(5-3-16)23-18(14-26-21-10-6-19(24)7-11-21)15-28(27-23)22-12-8-20(25)9-13-22/h2-15H,1H3. The second-order valence-electron chi connectivity index (χ2n) is 6.45. The van der Waals surface area contributed by atoms with Gasteiger partial charge in [0, 0.05) is 33.6 Å². The van der Waals surface area contributed by atoms with Crippen molar-refractivity contribution >= 4 is 35.1 Å². The van der Waals surface area contributed by atoms with Gasteiger partial charge in [0.25, 0.3) is 0 Å². The second kappa shape index (κ2) is 8.01. The first-order chi connectivity index (χ1) is 13.6. The average molecular weight is 406 g/mol. The molecule has 0 spiro atoms. The summed E-state index contributed by atoms with van der Waals surface area (Å²) in [5.41, 5.74) is 5.80. The molecule has 138 valence electrons. The Bertz CT molecular complexity index is 1110. The molecule has 0 fully saturated rings. The second-order valence-corrected chi connectivity index (χ2v) is 7.33. The fourth-order valence-electron chi connectivity index (χ4n) is 2.81. The summed E-state index contributed by atoms with van der Waals surface area (Å²) in [6, 6.07) is 23.3. The van der Waals surface area contributed by atoms with E-state index >= 15 is 0 Å². The van der Waals surface area contributed by atoms with Gasteiger partial charge < -0.3 is 0 Å². The summed E-state index contributed by atoms with van der Waals surface area (Å²) >= 11 is 12.0. The van der Waals surface area contributed by atoms with Crippen LogP contribution in [-0.4, -0.2) is 16.0 Å². The molecule has 0 unspecified atom stereocenters. The Kier molecular flexibility index (Phi) is 5.29. The molecular weight excluding hydrogens is 389 g/mol. The maximum absolute atomic E-state index is 6.01. The molecule has 28 heavy (non-hydrogen) atoms. The molecule has 3 nitrogen and oxygen atoms in total. The molecule has 4 rings (SSSR count). The number of nitrogens with zero attached hydrogens (tertiary/aromatic N) is 3. The van der Waals surface area contributed by atoms with Crippen LogP contribution < -0.4 is 0 Å². The van der Waals surface area contributed by atoms with Gasteiger partial charge in [-0.3, -0.25) is 4.99 Å². The largest absolute Gasteiger partial charge is 0.256 e. The fraction of sp³-hybridized carbons (Fsp3) is 0.0435. The Balaban J connectivity index is 1.77. The minimum Gasteiger partial charge on any atom is -0.256 e. The monoisotopic (exact) mass is 405 g/mol. The van der Waals surface area contributed by atoms with E-state index < -0.39 is 0 Å². The molecule has 0 N–H and O–H groups in total. The Morgan fingerprint density at radius 3 is 2.07 bits per heavy atom. The molecule has 0 saturated heterocycles. The van der Waals surface area contributed by atoms with Crippen LogP contribution in [0.1, 0.15) is 11.1 Å². The van der Waals surface area contributed by atoms with Crippen LogP contribution in [0.15, 0.2) is 84.0 Å². The summed E-state index contributed by atoms with van der Waals surface area (Å²) in [6.07, 6.45) is 3.80. The summed E-state index contributed by atoms with van der Waals surface area (Å²) in [5.74, 6) is 0. The van der Waals surface area contributed by atoms with Crippen molar-refractivity contribution in [3.8, 4) is 16.9 Å². The molecule has 4 aromatic rings. The lowest BCUT2D eigenvalue weighted by atomic mass is 10.1. The van der Waals surface area contributed by atoms with E-state index in [1.54, 1.807) is 0 Å². The third-order valence-electron chi connectivity index (χ3n) is 4.34. The van der Waals surface area contributed by atoms with Gasteiger partial charge in [-0.25, -0.2) is 4.68 Å². The van der Waals surface area contributed by atoms with Crippen molar-refractivity contribution in [3.05, 3.63) is 100 Å². The molecule has 0 aliphatic heterocycles. The third kappa shape index (κ3) is 4.16. The highest BCUT2D eigenvalue weighted by Gasteiger charge is 2.11. The first-order valence-electron chi connectivity index (χ1n) is 8.81. The predicted octanol–water partition coefficient (Wildman–Crippen LogP) is 6.91. The van der Waals surface area contributed by atoms with Crippen molar-refractivity contribution in [1.29, 1.82) is 0 Å². The Labute approximate surface area is 173 Å². The van der Waals surface area contributed by atoms with E-state index in [4.69, 9.17) is 28.3 Å². The molecular formula is C23H17Cl2N3. The molecule has 1 heterocycles. The van der Waals surface area contributed by atoms with Crippen LogP contribution >= 0.6 is 23.2 Å². The van der Waals surface area contributed by atoms with Crippen LogP contribution in [0.5, 0.6) is 0 Å². The lowest BCUT2D eigenvalue weighted by Gasteiger charge is -2.01. The molecule has 0 saturated carbocycles. The molecule has 0 radical (unpaired) electrons. The van der Waals surface area contributed by atoms with Crippen LogP contribution in [0, 0.1) is 6.92 Å². The van der Waals surface area contributed by atoms with Crippen LogP contribution in [0.25, 0.3) is 16.9 Å². The first-order valence-corrected chi connectivity index (χ1v) is 9.56. The number of aromatic nitrogens is 2. The van der Waals surface area contributed by atoms with Crippen LogP contribution in [0.4, 0.5) is 5.69 Å². The predicted molar refractivity (Wildman–Crippen MR) is 117 cm³/mol. The zero-order chi connectivity index (χ0) is 19.5. The topological polar surface area (TPSA) is 30.2 Å². The lowest BCUT2D eigenvalue weighted by molar-refractivity contribution is 0.884. The molecule has 1 aromatic heterocycles. The number of benzene rings is 3. The first kappa shape index (κ1) is 18.5. The van der Waals surface area contributed by atoms with Crippen molar-refractivity contribution in [1.82, 2.24) is 9.78 Å². The van der Waals surface area contributed by atoms with E-state index in [0.717, 1.165) is 28.2 Å².